The van der Waals surface area contributed by atoms with Gasteiger partial charge in [0.05, 0.1) is 0 Å². The molecule has 0 aromatic heterocycles. The lowest BCUT2D eigenvalue weighted by Gasteiger charge is -2.22. The Morgan fingerprint density at radius 1 is 0.882 bits per heavy atom. The zero-order valence-electron chi connectivity index (χ0n) is 11.5. The molecule has 1 nitrogen and oxygen atoms in total. The molecule has 3 rings (SSSR count). The lowest BCUT2D eigenvalue weighted by molar-refractivity contribution is 0.340. The molecule has 3 aliphatic carbocycles. The van der Waals surface area contributed by atoms with Gasteiger partial charge in [-0.05, 0) is 75.2 Å². The molecule has 98 valence electrons. The Balaban J connectivity index is 1.42. The second kappa shape index (κ2) is 5.30. The summed E-state index contributed by atoms with van der Waals surface area (Å²) in [6, 6.07) is 0.847. The topological polar surface area (TPSA) is 12.0 Å². The third kappa shape index (κ3) is 3.47. The summed E-state index contributed by atoms with van der Waals surface area (Å²) in [5.74, 6) is 4.25. The van der Waals surface area contributed by atoms with Crippen LogP contribution in [0.3, 0.4) is 0 Å². The second-order valence-electron chi connectivity index (χ2n) is 7.06. The van der Waals surface area contributed by atoms with Gasteiger partial charge in [0.15, 0.2) is 0 Å². The molecule has 0 aromatic carbocycles. The predicted molar refractivity (Wildman–Crippen MR) is 73.0 cm³/mol. The highest BCUT2D eigenvalue weighted by atomic mass is 14.9. The molecule has 17 heavy (non-hydrogen) atoms. The molecule has 0 bridgehead atoms. The maximum atomic E-state index is 3.92. The Hall–Kier alpha value is -0.0400. The monoisotopic (exact) mass is 235 g/mol. The van der Waals surface area contributed by atoms with Crippen molar-refractivity contribution in [3.63, 3.8) is 0 Å². The fourth-order valence-corrected chi connectivity index (χ4v) is 3.76. The van der Waals surface area contributed by atoms with Crippen LogP contribution in [-0.4, -0.2) is 12.6 Å². The van der Waals surface area contributed by atoms with E-state index in [0.29, 0.717) is 0 Å². The first kappa shape index (κ1) is 12.0. The summed E-state index contributed by atoms with van der Waals surface area (Å²) >= 11 is 0. The molecule has 3 saturated carbocycles. The lowest BCUT2D eigenvalue weighted by Crippen LogP contribution is -2.34. The highest BCUT2D eigenvalue weighted by Gasteiger charge is 2.41. The fraction of sp³-hybridized carbons (Fsp3) is 1.00. The van der Waals surface area contributed by atoms with Gasteiger partial charge in [-0.15, -0.1) is 0 Å². The van der Waals surface area contributed by atoms with Crippen molar-refractivity contribution in [3.05, 3.63) is 0 Å². The van der Waals surface area contributed by atoms with E-state index in [0.717, 1.165) is 29.7 Å². The van der Waals surface area contributed by atoms with E-state index < -0.39 is 0 Å². The number of hydrogen-bond donors (Lipinski definition) is 1. The number of nitrogens with one attached hydrogen (secondary N) is 1. The minimum absolute atomic E-state index is 0.847. The van der Waals surface area contributed by atoms with Crippen molar-refractivity contribution in [2.24, 2.45) is 23.7 Å². The summed E-state index contributed by atoms with van der Waals surface area (Å²) in [5, 5.41) is 3.92. The average Bonchev–Trinajstić information content (AvgIpc) is 3.18. The first-order chi connectivity index (χ1) is 8.33. The third-order valence-electron chi connectivity index (χ3n) is 5.35. The van der Waals surface area contributed by atoms with E-state index >= 15 is 0 Å². The van der Waals surface area contributed by atoms with Gasteiger partial charge < -0.3 is 5.32 Å². The van der Waals surface area contributed by atoms with Crippen LogP contribution in [0.1, 0.15) is 64.7 Å². The van der Waals surface area contributed by atoms with Crippen LogP contribution in [-0.2, 0) is 0 Å². The molecule has 0 radical (unpaired) electrons. The maximum absolute atomic E-state index is 3.92. The smallest absolute Gasteiger partial charge is 0.00672 e. The zero-order valence-corrected chi connectivity index (χ0v) is 11.5. The van der Waals surface area contributed by atoms with Crippen LogP contribution in [0.2, 0.25) is 0 Å². The Kier molecular flexibility index (Phi) is 3.75. The van der Waals surface area contributed by atoms with Crippen molar-refractivity contribution in [1.29, 1.82) is 0 Å². The summed E-state index contributed by atoms with van der Waals surface area (Å²) in [7, 11) is 0. The largest absolute Gasteiger partial charge is 0.314 e. The van der Waals surface area contributed by atoms with Crippen molar-refractivity contribution in [2.75, 3.05) is 6.54 Å². The summed E-state index contributed by atoms with van der Waals surface area (Å²) in [4.78, 5) is 0. The van der Waals surface area contributed by atoms with Crippen LogP contribution in [0.25, 0.3) is 0 Å². The number of hydrogen-bond acceptors (Lipinski definition) is 1. The second-order valence-corrected chi connectivity index (χ2v) is 7.06. The van der Waals surface area contributed by atoms with Crippen LogP contribution in [0.4, 0.5) is 0 Å². The van der Waals surface area contributed by atoms with E-state index in [1.54, 1.807) is 0 Å². The van der Waals surface area contributed by atoms with E-state index in [1.165, 1.54) is 64.3 Å². The van der Waals surface area contributed by atoms with E-state index in [9.17, 15) is 0 Å². The van der Waals surface area contributed by atoms with Crippen molar-refractivity contribution in [1.82, 2.24) is 5.32 Å². The number of rotatable bonds is 5. The Bertz CT molecular complexity index is 230. The summed E-state index contributed by atoms with van der Waals surface area (Å²) in [5.41, 5.74) is 0. The normalized spacial score (nSPS) is 34.9. The van der Waals surface area contributed by atoms with Gasteiger partial charge in [-0.1, -0.05) is 19.8 Å². The molecule has 2 unspecified atom stereocenters. The van der Waals surface area contributed by atoms with Gasteiger partial charge in [0, 0.05) is 6.04 Å². The first-order valence-corrected chi connectivity index (χ1v) is 8.06. The summed E-state index contributed by atoms with van der Waals surface area (Å²) in [6.45, 7) is 3.77. The lowest BCUT2D eigenvalue weighted by atomic mass is 9.97. The highest BCUT2D eigenvalue weighted by Crippen LogP contribution is 2.48. The summed E-state index contributed by atoms with van der Waals surface area (Å²) < 4.78 is 0. The molecule has 1 heteroatoms. The van der Waals surface area contributed by atoms with Gasteiger partial charge in [-0.2, -0.15) is 0 Å². The van der Waals surface area contributed by atoms with Gasteiger partial charge in [0.25, 0.3) is 0 Å². The van der Waals surface area contributed by atoms with Crippen molar-refractivity contribution in [2.45, 2.75) is 70.8 Å². The van der Waals surface area contributed by atoms with E-state index in [-0.39, 0.29) is 0 Å². The Labute approximate surface area is 107 Å². The Morgan fingerprint density at radius 2 is 1.59 bits per heavy atom. The first-order valence-electron chi connectivity index (χ1n) is 8.06. The minimum atomic E-state index is 0.847. The molecule has 3 aliphatic rings. The molecule has 2 atom stereocenters. The molecular formula is C16H29N. The standard InChI is InChI=1S/C16H29N/c1-12-3-2-4-15(10-5-12)17-11-16(13-6-7-13)14-8-9-14/h12-17H,2-11H2,1H3. The molecule has 0 spiro atoms. The molecule has 0 amide bonds. The molecule has 1 N–H and O–H groups in total. The predicted octanol–water partition coefficient (Wildman–Crippen LogP) is 3.98. The molecular weight excluding hydrogens is 206 g/mol. The van der Waals surface area contributed by atoms with E-state index in [2.05, 4.69) is 12.2 Å². The average molecular weight is 235 g/mol. The highest BCUT2D eigenvalue weighted by molar-refractivity contribution is 4.93. The van der Waals surface area contributed by atoms with Crippen molar-refractivity contribution >= 4 is 0 Å². The van der Waals surface area contributed by atoms with Gasteiger partial charge in [-0.25, -0.2) is 0 Å². The SMILES string of the molecule is CC1CCCC(NCC(C2CC2)C2CC2)CC1. The quantitative estimate of drug-likeness (QED) is 0.711. The zero-order chi connectivity index (χ0) is 11.7. The molecule has 0 saturated heterocycles. The van der Waals surface area contributed by atoms with E-state index in [4.69, 9.17) is 0 Å². The third-order valence-corrected chi connectivity index (χ3v) is 5.35. The van der Waals surface area contributed by atoms with Crippen molar-refractivity contribution in [3.8, 4) is 0 Å². The van der Waals surface area contributed by atoms with Gasteiger partial charge in [-0.3, -0.25) is 0 Å². The molecule has 0 heterocycles. The fourth-order valence-electron chi connectivity index (χ4n) is 3.76. The van der Waals surface area contributed by atoms with Gasteiger partial charge >= 0.3 is 0 Å². The minimum Gasteiger partial charge on any atom is -0.314 e. The van der Waals surface area contributed by atoms with Crippen LogP contribution in [0.15, 0.2) is 0 Å². The summed E-state index contributed by atoms with van der Waals surface area (Å²) in [6.07, 6.45) is 13.4. The van der Waals surface area contributed by atoms with Gasteiger partial charge in [0.2, 0.25) is 0 Å². The van der Waals surface area contributed by atoms with Crippen LogP contribution < -0.4 is 5.32 Å². The van der Waals surface area contributed by atoms with E-state index in [1.807, 2.05) is 0 Å². The van der Waals surface area contributed by atoms with Crippen LogP contribution >= 0.6 is 0 Å². The van der Waals surface area contributed by atoms with Crippen molar-refractivity contribution < 1.29 is 0 Å². The molecule has 0 aliphatic heterocycles. The maximum Gasteiger partial charge on any atom is 0.00672 e. The molecule has 3 fully saturated rings. The van der Waals surface area contributed by atoms with Crippen LogP contribution in [0, 0.1) is 23.7 Å². The van der Waals surface area contributed by atoms with Gasteiger partial charge in [0.1, 0.15) is 0 Å². The van der Waals surface area contributed by atoms with Crippen LogP contribution in [0.5, 0.6) is 0 Å². The Morgan fingerprint density at radius 3 is 2.24 bits per heavy atom. The molecule has 0 aromatic rings.